The first-order valence-electron chi connectivity index (χ1n) is 7.80. The van der Waals surface area contributed by atoms with Crippen LogP contribution in [0.15, 0.2) is 36.4 Å². The highest BCUT2D eigenvalue weighted by atomic mass is 16.5. The third-order valence-corrected chi connectivity index (χ3v) is 4.29. The van der Waals surface area contributed by atoms with Gasteiger partial charge in [-0.25, -0.2) is 0 Å². The van der Waals surface area contributed by atoms with Gasteiger partial charge >= 0.3 is 0 Å². The minimum Gasteiger partial charge on any atom is -0.497 e. The van der Waals surface area contributed by atoms with Crippen molar-refractivity contribution in [3.05, 3.63) is 42.0 Å². The Hall–Kier alpha value is -2.56. The largest absolute Gasteiger partial charge is 0.497 e. The molecule has 1 heterocycles. The highest BCUT2D eigenvalue weighted by Crippen LogP contribution is 2.23. The Labute approximate surface area is 135 Å². The smallest absolute Gasteiger partial charge is 0.254 e. The number of amides is 2. The van der Waals surface area contributed by atoms with Gasteiger partial charge in [0.25, 0.3) is 5.91 Å². The summed E-state index contributed by atoms with van der Waals surface area (Å²) in [6, 6.07) is 11.0. The molecule has 120 valence electrons. The normalized spacial score (nSPS) is 17.1. The fraction of sp³-hybridized carbons (Fsp3) is 0.333. The maximum atomic E-state index is 12.8. The Morgan fingerprint density at radius 1 is 1.26 bits per heavy atom. The highest BCUT2D eigenvalue weighted by Gasteiger charge is 2.32. The summed E-state index contributed by atoms with van der Waals surface area (Å²) in [6.45, 7) is 3.04. The second-order valence-electron chi connectivity index (χ2n) is 5.61. The fourth-order valence-electron chi connectivity index (χ4n) is 3.03. The minimum atomic E-state index is -0.362. The average molecular weight is 312 g/mol. The first-order valence-corrected chi connectivity index (χ1v) is 7.80. The first-order chi connectivity index (χ1) is 11.1. The number of rotatable bonds is 4. The number of methoxy groups -OCH3 is 1. The van der Waals surface area contributed by atoms with E-state index in [-0.39, 0.29) is 17.9 Å². The fourth-order valence-corrected chi connectivity index (χ4v) is 3.03. The van der Waals surface area contributed by atoms with E-state index < -0.39 is 0 Å². The van der Waals surface area contributed by atoms with Gasteiger partial charge in [-0.15, -0.1) is 0 Å². The second-order valence-corrected chi connectivity index (χ2v) is 5.61. The second kappa shape index (κ2) is 6.28. The van der Waals surface area contributed by atoms with Crippen LogP contribution in [0.25, 0.3) is 10.8 Å². The molecule has 5 nitrogen and oxygen atoms in total. The Kier molecular flexibility index (Phi) is 4.19. The quantitative estimate of drug-likeness (QED) is 0.941. The van der Waals surface area contributed by atoms with E-state index in [1.54, 1.807) is 18.1 Å². The van der Waals surface area contributed by atoms with E-state index in [9.17, 15) is 9.59 Å². The number of nitrogens with one attached hydrogen (secondary N) is 1. The molecular formula is C18H20N2O3. The first kappa shape index (κ1) is 15.3. The van der Waals surface area contributed by atoms with E-state index in [4.69, 9.17) is 4.74 Å². The van der Waals surface area contributed by atoms with Gasteiger partial charge in [0.05, 0.1) is 7.11 Å². The molecule has 1 N–H and O–H groups in total. The van der Waals surface area contributed by atoms with E-state index in [1.807, 2.05) is 37.3 Å². The molecule has 0 aromatic heterocycles. The molecule has 1 unspecified atom stereocenters. The molecule has 0 spiro atoms. The zero-order chi connectivity index (χ0) is 16.4. The van der Waals surface area contributed by atoms with Gasteiger partial charge in [0, 0.05) is 18.7 Å². The van der Waals surface area contributed by atoms with Crippen molar-refractivity contribution in [3.8, 4) is 5.75 Å². The van der Waals surface area contributed by atoms with Gasteiger partial charge in [-0.2, -0.15) is 0 Å². The molecular weight excluding hydrogens is 292 g/mol. The van der Waals surface area contributed by atoms with Crippen LogP contribution in [0.2, 0.25) is 0 Å². The summed E-state index contributed by atoms with van der Waals surface area (Å²) in [5, 5.41) is 4.78. The number of likely N-dealkylation sites (N-methyl/N-ethyl adjacent to an activating group) is 1. The lowest BCUT2D eigenvalue weighted by molar-refractivity contribution is -0.123. The summed E-state index contributed by atoms with van der Waals surface area (Å²) in [4.78, 5) is 26.3. The molecule has 0 saturated carbocycles. The lowest BCUT2D eigenvalue weighted by Gasteiger charge is -2.26. The third kappa shape index (κ3) is 2.86. The van der Waals surface area contributed by atoms with Crippen LogP contribution < -0.4 is 10.1 Å². The van der Waals surface area contributed by atoms with Gasteiger partial charge in [-0.3, -0.25) is 9.59 Å². The van der Waals surface area contributed by atoms with E-state index in [0.717, 1.165) is 16.5 Å². The Morgan fingerprint density at radius 3 is 2.65 bits per heavy atom. The number of fused-ring (bicyclic) bond motifs is 1. The molecule has 2 aromatic carbocycles. The zero-order valence-corrected chi connectivity index (χ0v) is 13.3. The van der Waals surface area contributed by atoms with Gasteiger partial charge in [-0.1, -0.05) is 12.1 Å². The SMILES string of the molecule is CCN(C(=O)c1ccc2cc(OC)ccc2c1)C1CCNC1=O. The molecule has 1 aliphatic rings. The Bertz CT molecular complexity index is 757. The van der Waals surface area contributed by atoms with Crippen LogP contribution in [0.5, 0.6) is 5.75 Å². The van der Waals surface area contributed by atoms with Crippen LogP contribution in [-0.2, 0) is 4.79 Å². The lowest BCUT2D eigenvalue weighted by atomic mass is 10.0. The summed E-state index contributed by atoms with van der Waals surface area (Å²) in [5.41, 5.74) is 0.601. The monoisotopic (exact) mass is 312 g/mol. The minimum absolute atomic E-state index is 0.0641. The molecule has 1 fully saturated rings. The molecule has 1 saturated heterocycles. The molecule has 0 bridgehead atoms. The van der Waals surface area contributed by atoms with Gasteiger partial charge in [0.2, 0.25) is 5.91 Å². The number of ether oxygens (including phenoxy) is 1. The highest BCUT2D eigenvalue weighted by molar-refractivity contribution is 6.01. The molecule has 2 aromatic rings. The molecule has 0 aliphatic carbocycles. The van der Waals surface area contributed by atoms with Crippen LogP contribution in [0.4, 0.5) is 0 Å². The van der Waals surface area contributed by atoms with Crippen molar-refractivity contribution >= 4 is 22.6 Å². The zero-order valence-electron chi connectivity index (χ0n) is 13.3. The molecule has 2 amide bonds. The predicted molar refractivity (Wildman–Crippen MR) is 88.6 cm³/mol. The van der Waals surface area contributed by atoms with Gasteiger partial charge in [0.15, 0.2) is 0 Å². The van der Waals surface area contributed by atoms with Crippen molar-refractivity contribution in [1.82, 2.24) is 10.2 Å². The van der Waals surface area contributed by atoms with E-state index >= 15 is 0 Å². The van der Waals surface area contributed by atoms with Crippen molar-refractivity contribution < 1.29 is 14.3 Å². The molecule has 3 rings (SSSR count). The van der Waals surface area contributed by atoms with Crippen LogP contribution in [0, 0.1) is 0 Å². The van der Waals surface area contributed by atoms with Gasteiger partial charge in [-0.05, 0) is 48.4 Å². The number of nitrogens with zero attached hydrogens (tertiary/aromatic N) is 1. The molecule has 5 heteroatoms. The summed E-state index contributed by atoms with van der Waals surface area (Å²) < 4.78 is 5.22. The topological polar surface area (TPSA) is 58.6 Å². The van der Waals surface area contributed by atoms with Crippen molar-refractivity contribution in [2.75, 3.05) is 20.2 Å². The van der Waals surface area contributed by atoms with E-state index in [1.165, 1.54) is 0 Å². The predicted octanol–water partition coefficient (Wildman–Crippen LogP) is 2.20. The van der Waals surface area contributed by atoms with Crippen molar-refractivity contribution in [3.63, 3.8) is 0 Å². The standard InChI is InChI=1S/C18H20N2O3/c1-3-20(16-8-9-19-17(16)21)18(22)14-5-4-13-11-15(23-2)7-6-12(13)10-14/h4-7,10-11,16H,3,8-9H2,1-2H3,(H,19,21). The van der Waals surface area contributed by atoms with Crippen LogP contribution in [-0.4, -0.2) is 43.0 Å². The number of hydrogen-bond donors (Lipinski definition) is 1. The molecule has 0 radical (unpaired) electrons. The lowest BCUT2D eigenvalue weighted by Crippen LogP contribution is -2.44. The average Bonchev–Trinajstić information content (AvgIpc) is 3.00. The van der Waals surface area contributed by atoms with Crippen LogP contribution >= 0.6 is 0 Å². The number of carbonyl (C=O) groups is 2. The Morgan fingerprint density at radius 2 is 2.00 bits per heavy atom. The van der Waals surface area contributed by atoms with E-state index in [0.29, 0.717) is 25.1 Å². The summed E-state index contributed by atoms with van der Waals surface area (Å²) in [6.07, 6.45) is 0.670. The third-order valence-electron chi connectivity index (χ3n) is 4.29. The molecule has 23 heavy (non-hydrogen) atoms. The molecule has 1 aliphatic heterocycles. The number of carbonyl (C=O) groups excluding carboxylic acids is 2. The summed E-state index contributed by atoms with van der Waals surface area (Å²) in [7, 11) is 1.63. The van der Waals surface area contributed by atoms with Crippen molar-refractivity contribution in [2.45, 2.75) is 19.4 Å². The molecule has 1 atom stereocenters. The van der Waals surface area contributed by atoms with E-state index in [2.05, 4.69) is 5.32 Å². The van der Waals surface area contributed by atoms with Crippen molar-refractivity contribution in [1.29, 1.82) is 0 Å². The number of benzene rings is 2. The van der Waals surface area contributed by atoms with Gasteiger partial charge in [0.1, 0.15) is 11.8 Å². The summed E-state index contributed by atoms with van der Waals surface area (Å²) in [5.74, 6) is 0.618. The summed E-state index contributed by atoms with van der Waals surface area (Å²) >= 11 is 0. The number of hydrogen-bond acceptors (Lipinski definition) is 3. The van der Waals surface area contributed by atoms with Crippen molar-refractivity contribution in [2.24, 2.45) is 0 Å². The maximum absolute atomic E-state index is 12.8. The van der Waals surface area contributed by atoms with Crippen LogP contribution in [0.3, 0.4) is 0 Å². The van der Waals surface area contributed by atoms with Gasteiger partial charge < -0.3 is 15.0 Å². The van der Waals surface area contributed by atoms with Crippen LogP contribution in [0.1, 0.15) is 23.7 Å². The maximum Gasteiger partial charge on any atom is 0.254 e. The Balaban J connectivity index is 1.91.